The predicted molar refractivity (Wildman–Crippen MR) is 99.7 cm³/mol. The van der Waals surface area contributed by atoms with Gasteiger partial charge in [-0.05, 0) is 48.4 Å². The van der Waals surface area contributed by atoms with Crippen LogP contribution >= 0.6 is 11.6 Å². The first-order valence-electron chi connectivity index (χ1n) is 8.24. The molecular weight excluding hydrogens is 356 g/mol. The van der Waals surface area contributed by atoms with Crippen molar-refractivity contribution in [3.8, 4) is 23.0 Å². The smallest absolute Gasteiger partial charge is 0.231 e. The van der Waals surface area contributed by atoms with Gasteiger partial charge < -0.3 is 18.9 Å². The van der Waals surface area contributed by atoms with Gasteiger partial charge in [-0.3, -0.25) is 4.79 Å². The van der Waals surface area contributed by atoms with Crippen molar-refractivity contribution < 1.29 is 23.7 Å². The van der Waals surface area contributed by atoms with E-state index in [9.17, 15) is 4.79 Å². The van der Waals surface area contributed by atoms with Crippen LogP contribution in [-0.4, -0.2) is 26.3 Å². The Kier molecular flexibility index (Phi) is 5.68. The second kappa shape index (κ2) is 8.15. The average Bonchev–Trinajstić information content (AvgIpc) is 3.12. The lowest BCUT2D eigenvalue weighted by atomic mass is 10.1. The number of hydrogen-bond acceptors (Lipinski definition) is 5. The number of carbonyl (C=O) groups excluding carboxylic acids is 1. The van der Waals surface area contributed by atoms with Gasteiger partial charge in [0.15, 0.2) is 28.8 Å². The van der Waals surface area contributed by atoms with Gasteiger partial charge in [0, 0.05) is 5.56 Å². The number of methoxy groups -OCH3 is 1. The van der Waals surface area contributed by atoms with Gasteiger partial charge in [-0.15, -0.1) is 0 Å². The summed E-state index contributed by atoms with van der Waals surface area (Å²) in [5.74, 6) is 2.11. The van der Waals surface area contributed by atoms with Crippen LogP contribution in [0.5, 0.6) is 23.0 Å². The summed E-state index contributed by atoms with van der Waals surface area (Å²) in [5, 5.41) is 0.438. The second-order valence-electron chi connectivity index (χ2n) is 5.65. The first kappa shape index (κ1) is 18.1. The van der Waals surface area contributed by atoms with Crippen molar-refractivity contribution in [2.45, 2.75) is 13.3 Å². The molecule has 2 aromatic carbocycles. The summed E-state index contributed by atoms with van der Waals surface area (Å²) < 4.78 is 21.5. The lowest BCUT2D eigenvalue weighted by molar-refractivity contribution is 0.104. The van der Waals surface area contributed by atoms with Crippen LogP contribution in [0.4, 0.5) is 0 Å². The molecule has 1 aliphatic rings. The number of allylic oxidation sites excluding steroid dienone is 1. The quantitative estimate of drug-likeness (QED) is 0.516. The Morgan fingerprint density at radius 2 is 2.04 bits per heavy atom. The molecule has 0 unspecified atom stereocenters. The number of ether oxygens (including phenoxy) is 4. The Morgan fingerprint density at radius 1 is 1.23 bits per heavy atom. The molecule has 0 aliphatic carbocycles. The molecule has 0 atom stereocenters. The Hall–Kier alpha value is -2.66. The number of ketones is 1. The molecule has 1 heterocycles. The highest BCUT2D eigenvalue weighted by atomic mass is 35.5. The summed E-state index contributed by atoms with van der Waals surface area (Å²) in [7, 11) is 1.55. The van der Waals surface area contributed by atoms with Gasteiger partial charge in [0.05, 0.1) is 18.7 Å². The van der Waals surface area contributed by atoms with Crippen molar-refractivity contribution >= 4 is 23.5 Å². The molecule has 0 saturated carbocycles. The maximum Gasteiger partial charge on any atom is 0.231 e. The molecule has 26 heavy (non-hydrogen) atoms. The summed E-state index contributed by atoms with van der Waals surface area (Å²) in [6.07, 6.45) is 4.03. The predicted octanol–water partition coefficient (Wildman–Crippen LogP) is 4.76. The molecule has 1 aliphatic heterocycles. The van der Waals surface area contributed by atoms with Crippen LogP contribution < -0.4 is 18.9 Å². The Balaban J connectivity index is 1.79. The summed E-state index contributed by atoms with van der Waals surface area (Å²) in [6, 6.07) is 8.61. The normalized spacial score (nSPS) is 12.4. The van der Waals surface area contributed by atoms with E-state index in [1.165, 1.54) is 6.08 Å². The van der Waals surface area contributed by atoms with Crippen LogP contribution in [0.3, 0.4) is 0 Å². The summed E-state index contributed by atoms with van der Waals surface area (Å²) in [4.78, 5) is 12.4. The van der Waals surface area contributed by atoms with Crippen LogP contribution in [0.25, 0.3) is 6.08 Å². The van der Waals surface area contributed by atoms with E-state index in [-0.39, 0.29) is 12.6 Å². The first-order chi connectivity index (χ1) is 12.6. The number of rotatable bonds is 7. The minimum absolute atomic E-state index is 0.148. The molecular formula is C20H19ClO5. The number of benzene rings is 2. The van der Waals surface area contributed by atoms with E-state index in [4.69, 9.17) is 30.5 Å². The van der Waals surface area contributed by atoms with Crippen molar-refractivity contribution in [2.75, 3.05) is 20.5 Å². The fourth-order valence-corrected chi connectivity index (χ4v) is 2.77. The topological polar surface area (TPSA) is 54.0 Å². The van der Waals surface area contributed by atoms with Crippen LogP contribution in [0, 0.1) is 0 Å². The van der Waals surface area contributed by atoms with E-state index >= 15 is 0 Å². The van der Waals surface area contributed by atoms with Crippen LogP contribution in [0.2, 0.25) is 5.02 Å². The van der Waals surface area contributed by atoms with E-state index in [2.05, 4.69) is 0 Å². The summed E-state index contributed by atoms with van der Waals surface area (Å²) in [6.45, 7) is 2.74. The Bertz CT molecular complexity index is 844. The van der Waals surface area contributed by atoms with Gasteiger partial charge in [0.25, 0.3) is 0 Å². The molecule has 5 nitrogen and oxygen atoms in total. The SMILES string of the molecule is CCCOc1c(Cl)cc(C=CC(=O)c2ccc3c(c2)OCO3)cc1OC. The van der Waals surface area contributed by atoms with Crippen LogP contribution in [0.1, 0.15) is 29.3 Å². The highest BCUT2D eigenvalue weighted by Crippen LogP contribution is 2.37. The van der Waals surface area contributed by atoms with E-state index in [1.807, 2.05) is 6.92 Å². The van der Waals surface area contributed by atoms with Crippen LogP contribution in [-0.2, 0) is 0 Å². The van der Waals surface area contributed by atoms with Gasteiger partial charge in [-0.1, -0.05) is 24.6 Å². The third-order valence-electron chi connectivity index (χ3n) is 3.79. The summed E-state index contributed by atoms with van der Waals surface area (Å²) >= 11 is 6.29. The van der Waals surface area contributed by atoms with E-state index in [0.29, 0.717) is 40.2 Å². The minimum Gasteiger partial charge on any atom is -0.493 e. The maximum atomic E-state index is 12.4. The molecule has 0 spiro atoms. The van der Waals surface area contributed by atoms with Crippen molar-refractivity contribution in [3.63, 3.8) is 0 Å². The third-order valence-corrected chi connectivity index (χ3v) is 4.07. The lowest BCUT2D eigenvalue weighted by Gasteiger charge is -2.12. The van der Waals surface area contributed by atoms with Gasteiger partial charge in [-0.2, -0.15) is 0 Å². The average molecular weight is 375 g/mol. The molecule has 0 N–H and O–H groups in total. The molecule has 136 valence electrons. The molecule has 0 amide bonds. The Morgan fingerprint density at radius 3 is 2.81 bits per heavy atom. The fourth-order valence-electron chi connectivity index (χ4n) is 2.50. The molecule has 0 aromatic heterocycles. The van der Waals surface area contributed by atoms with E-state index in [1.54, 1.807) is 43.5 Å². The number of halogens is 1. The highest BCUT2D eigenvalue weighted by molar-refractivity contribution is 6.32. The van der Waals surface area contributed by atoms with E-state index < -0.39 is 0 Å². The van der Waals surface area contributed by atoms with Crippen molar-refractivity contribution in [3.05, 3.63) is 52.6 Å². The maximum absolute atomic E-state index is 12.4. The van der Waals surface area contributed by atoms with Crippen molar-refractivity contribution in [1.29, 1.82) is 0 Å². The minimum atomic E-state index is -0.148. The first-order valence-corrected chi connectivity index (χ1v) is 8.62. The molecule has 6 heteroatoms. The molecule has 0 bridgehead atoms. The number of fused-ring (bicyclic) bond motifs is 1. The second-order valence-corrected chi connectivity index (χ2v) is 6.06. The Labute approximate surface area is 157 Å². The molecule has 3 rings (SSSR count). The zero-order valence-electron chi connectivity index (χ0n) is 14.6. The number of carbonyl (C=O) groups is 1. The van der Waals surface area contributed by atoms with Gasteiger partial charge in [0.1, 0.15) is 0 Å². The number of hydrogen-bond donors (Lipinski definition) is 0. The van der Waals surface area contributed by atoms with Gasteiger partial charge in [0.2, 0.25) is 6.79 Å². The third kappa shape index (κ3) is 3.94. The molecule has 0 saturated heterocycles. The van der Waals surface area contributed by atoms with Gasteiger partial charge in [-0.25, -0.2) is 0 Å². The highest BCUT2D eigenvalue weighted by Gasteiger charge is 2.15. The fraction of sp³-hybridized carbons (Fsp3) is 0.250. The zero-order chi connectivity index (χ0) is 18.5. The molecule has 0 radical (unpaired) electrons. The van der Waals surface area contributed by atoms with E-state index in [0.717, 1.165) is 12.0 Å². The lowest BCUT2D eigenvalue weighted by Crippen LogP contribution is -1.99. The van der Waals surface area contributed by atoms with Crippen molar-refractivity contribution in [1.82, 2.24) is 0 Å². The van der Waals surface area contributed by atoms with Crippen LogP contribution in [0.15, 0.2) is 36.4 Å². The largest absolute Gasteiger partial charge is 0.493 e. The van der Waals surface area contributed by atoms with Gasteiger partial charge >= 0.3 is 0 Å². The van der Waals surface area contributed by atoms with Crippen molar-refractivity contribution in [2.24, 2.45) is 0 Å². The monoisotopic (exact) mass is 374 g/mol. The molecule has 2 aromatic rings. The molecule has 0 fully saturated rings. The summed E-state index contributed by atoms with van der Waals surface area (Å²) in [5.41, 5.74) is 1.26. The standard InChI is InChI=1S/C20H19ClO5/c1-3-8-24-20-15(21)9-13(10-19(20)23-2)4-6-16(22)14-5-7-17-18(11-14)26-12-25-17/h4-7,9-11H,3,8,12H2,1-2H3. The zero-order valence-corrected chi connectivity index (χ0v) is 15.3.